The molecule has 0 N–H and O–H groups in total. The summed E-state index contributed by atoms with van der Waals surface area (Å²) in [6.45, 7) is 0.843. The molecule has 0 atom stereocenters. The van der Waals surface area contributed by atoms with Gasteiger partial charge < -0.3 is 4.90 Å². The number of carbonyl (C=O) groups is 1. The van der Waals surface area contributed by atoms with Crippen molar-refractivity contribution in [3.05, 3.63) is 71.3 Å². The lowest BCUT2D eigenvalue weighted by Crippen LogP contribution is -2.32. The van der Waals surface area contributed by atoms with Gasteiger partial charge in [0.1, 0.15) is 11.6 Å². The van der Waals surface area contributed by atoms with Gasteiger partial charge in [-0.15, -0.1) is 0 Å². The van der Waals surface area contributed by atoms with Gasteiger partial charge in [-0.05, 0) is 17.7 Å². The molecule has 5 heteroatoms. The average molecular weight is 354 g/mol. The van der Waals surface area contributed by atoms with Crippen molar-refractivity contribution in [2.75, 3.05) is 11.9 Å². The Morgan fingerprint density at radius 2 is 1.67 bits per heavy atom. The number of nitrogens with zero attached hydrogens (tertiary/aromatic N) is 1. The fourth-order valence-corrected chi connectivity index (χ4v) is 2.45. The molecule has 1 amide bonds. The van der Waals surface area contributed by atoms with Crippen molar-refractivity contribution in [3.63, 3.8) is 0 Å². The molecule has 0 aliphatic carbocycles. The van der Waals surface area contributed by atoms with Gasteiger partial charge in [0.2, 0.25) is 0 Å². The molecule has 21 heavy (non-hydrogen) atoms. The maximum Gasteiger partial charge on any atom is 0.254 e. The summed E-state index contributed by atoms with van der Waals surface area (Å²) in [6.07, 6.45) is 0. The zero-order valence-electron chi connectivity index (χ0n) is 11.2. The van der Waals surface area contributed by atoms with Crippen molar-refractivity contribution in [3.8, 4) is 0 Å². The fraction of sp³-hybridized carbons (Fsp3) is 0.188. The summed E-state index contributed by atoms with van der Waals surface area (Å²) < 4.78 is 26.5. The van der Waals surface area contributed by atoms with Crippen LogP contribution in [-0.2, 0) is 6.54 Å². The van der Waals surface area contributed by atoms with Gasteiger partial charge in [-0.2, -0.15) is 0 Å². The summed E-state index contributed by atoms with van der Waals surface area (Å²) >= 11 is 3.29. The Bertz CT molecular complexity index is 599. The van der Waals surface area contributed by atoms with Crippen LogP contribution in [-0.4, -0.2) is 22.7 Å². The predicted molar refractivity (Wildman–Crippen MR) is 81.3 cm³/mol. The molecule has 0 aliphatic heterocycles. The first-order valence-corrected chi connectivity index (χ1v) is 7.57. The van der Waals surface area contributed by atoms with Crippen LogP contribution in [0.2, 0.25) is 0 Å². The van der Waals surface area contributed by atoms with E-state index in [0.29, 0.717) is 18.4 Å². The lowest BCUT2D eigenvalue weighted by atomic mass is 10.1. The van der Waals surface area contributed by atoms with Crippen molar-refractivity contribution in [1.29, 1.82) is 0 Å². The molecule has 0 bridgehead atoms. The normalized spacial score (nSPS) is 10.4. The molecule has 0 spiro atoms. The number of rotatable bonds is 5. The Hall–Kier alpha value is -1.75. The lowest BCUT2D eigenvalue weighted by molar-refractivity contribution is 0.0753. The first kappa shape index (κ1) is 15.6. The van der Waals surface area contributed by atoms with E-state index >= 15 is 0 Å². The highest BCUT2D eigenvalue weighted by molar-refractivity contribution is 9.09. The quantitative estimate of drug-likeness (QED) is 0.744. The van der Waals surface area contributed by atoms with Crippen LogP contribution < -0.4 is 0 Å². The van der Waals surface area contributed by atoms with E-state index in [1.807, 2.05) is 30.3 Å². The molecule has 0 heterocycles. The smallest absolute Gasteiger partial charge is 0.254 e. The summed E-state index contributed by atoms with van der Waals surface area (Å²) in [5.74, 6) is -1.90. The van der Waals surface area contributed by atoms with Crippen LogP contribution in [0.15, 0.2) is 48.5 Å². The Kier molecular flexibility index (Phi) is 5.44. The molecule has 0 unspecified atom stereocenters. The largest absolute Gasteiger partial charge is 0.333 e. The maximum atomic E-state index is 13.2. The minimum absolute atomic E-state index is 0.0179. The Labute approximate surface area is 130 Å². The summed E-state index contributed by atoms with van der Waals surface area (Å²) in [7, 11) is 0. The van der Waals surface area contributed by atoms with Crippen molar-refractivity contribution in [1.82, 2.24) is 4.90 Å². The SMILES string of the molecule is O=C(c1cc(F)cc(F)c1)N(CCBr)Cc1ccccc1. The number of carbonyl (C=O) groups excluding carboxylic acids is 1. The molecule has 2 nitrogen and oxygen atoms in total. The van der Waals surface area contributed by atoms with E-state index < -0.39 is 17.5 Å². The Balaban J connectivity index is 2.22. The number of benzene rings is 2. The number of amides is 1. The summed E-state index contributed by atoms with van der Waals surface area (Å²) in [5.41, 5.74) is 0.980. The van der Waals surface area contributed by atoms with E-state index in [2.05, 4.69) is 15.9 Å². The Morgan fingerprint density at radius 1 is 1.05 bits per heavy atom. The zero-order valence-corrected chi connectivity index (χ0v) is 12.8. The van der Waals surface area contributed by atoms with Crippen LogP contribution in [0.25, 0.3) is 0 Å². The molecule has 0 fully saturated rings. The van der Waals surface area contributed by atoms with E-state index in [9.17, 15) is 13.6 Å². The maximum absolute atomic E-state index is 13.2. The van der Waals surface area contributed by atoms with E-state index in [0.717, 1.165) is 23.8 Å². The summed E-state index contributed by atoms with van der Waals surface area (Å²) in [6, 6.07) is 12.3. The Morgan fingerprint density at radius 3 is 2.24 bits per heavy atom. The predicted octanol–water partition coefficient (Wildman–Crippen LogP) is 4.00. The first-order chi connectivity index (χ1) is 10.1. The molecule has 2 aromatic carbocycles. The molecule has 2 aromatic rings. The minimum atomic E-state index is -0.753. The number of hydrogen-bond acceptors (Lipinski definition) is 1. The third kappa shape index (κ3) is 4.36. The third-order valence-corrected chi connectivity index (χ3v) is 3.32. The van der Waals surface area contributed by atoms with E-state index in [-0.39, 0.29) is 5.56 Å². The molecule has 0 radical (unpaired) electrons. The van der Waals surface area contributed by atoms with E-state index in [1.54, 1.807) is 4.90 Å². The molecular weight excluding hydrogens is 340 g/mol. The summed E-state index contributed by atoms with van der Waals surface area (Å²) in [5, 5.41) is 0.587. The van der Waals surface area contributed by atoms with Crippen LogP contribution in [0.4, 0.5) is 8.78 Å². The van der Waals surface area contributed by atoms with Crippen LogP contribution >= 0.6 is 15.9 Å². The van der Waals surface area contributed by atoms with Crippen LogP contribution in [0.1, 0.15) is 15.9 Å². The third-order valence-electron chi connectivity index (χ3n) is 2.97. The average Bonchev–Trinajstić information content (AvgIpc) is 2.46. The van der Waals surface area contributed by atoms with Crippen LogP contribution in [0.5, 0.6) is 0 Å². The fourth-order valence-electron chi connectivity index (χ4n) is 2.02. The standard InChI is InChI=1S/C16H14BrF2NO/c17-6-7-20(11-12-4-2-1-3-5-12)16(21)13-8-14(18)10-15(19)9-13/h1-5,8-10H,6-7,11H2. The van der Waals surface area contributed by atoms with Gasteiger partial charge in [0.15, 0.2) is 0 Å². The van der Waals surface area contributed by atoms with Crippen molar-refractivity contribution >= 4 is 21.8 Å². The molecular formula is C16H14BrF2NO. The monoisotopic (exact) mass is 353 g/mol. The van der Waals surface area contributed by atoms with Gasteiger partial charge in [-0.25, -0.2) is 8.78 Å². The van der Waals surface area contributed by atoms with Gasteiger partial charge in [0.25, 0.3) is 5.91 Å². The molecule has 0 aromatic heterocycles. The van der Waals surface area contributed by atoms with Crippen molar-refractivity contribution in [2.24, 2.45) is 0 Å². The topological polar surface area (TPSA) is 20.3 Å². The summed E-state index contributed by atoms with van der Waals surface area (Å²) in [4.78, 5) is 14.0. The van der Waals surface area contributed by atoms with Crippen molar-refractivity contribution in [2.45, 2.75) is 6.54 Å². The minimum Gasteiger partial charge on any atom is -0.333 e. The van der Waals surface area contributed by atoms with Crippen molar-refractivity contribution < 1.29 is 13.6 Å². The van der Waals surface area contributed by atoms with E-state index in [4.69, 9.17) is 0 Å². The second-order valence-corrected chi connectivity index (χ2v) is 5.35. The number of hydrogen-bond donors (Lipinski definition) is 0. The molecule has 0 saturated heterocycles. The molecule has 2 rings (SSSR count). The second kappa shape index (κ2) is 7.31. The molecule has 0 aliphatic rings. The molecule has 0 saturated carbocycles. The van der Waals surface area contributed by atoms with E-state index in [1.165, 1.54) is 0 Å². The first-order valence-electron chi connectivity index (χ1n) is 6.45. The van der Waals surface area contributed by atoms with Gasteiger partial charge in [0.05, 0.1) is 0 Å². The second-order valence-electron chi connectivity index (χ2n) is 4.56. The highest BCUT2D eigenvalue weighted by Crippen LogP contribution is 2.13. The lowest BCUT2D eigenvalue weighted by Gasteiger charge is -2.22. The van der Waals surface area contributed by atoms with Gasteiger partial charge in [0, 0.05) is 30.0 Å². The van der Waals surface area contributed by atoms with Gasteiger partial charge in [-0.1, -0.05) is 46.3 Å². The van der Waals surface area contributed by atoms with Crippen LogP contribution in [0.3, 0.4) is 0 Å². The van der Waals surface area contributed by atoms with Crippen LogP contribution in [0, 0.1) is 11.6 Å². The number of alkyl halides is 1. The zero-order chi connectivity index (χ0) is 15.2. The van der Waals surface area contributed by atoms with Gasteiger partial charge in [-0.3, -0.25) is 4.79 Å². The van der Waals surface area contributed by atoms with Gasteiger partial charge >= 0.3 is 0 Å². The highest BCUT2D eigenvalue weighted by atomic mass is 79.9. The molecule has 110 valence electrons. The number of halogens is 3. The highest BCUT2D eigenvalue weighted by Gasteiger charge is 2.17.